The number of nitrogens with one attached hydrogen (secondary N) is 1. The molecule has 1 N–H and O–H groups in total. The van der Waals surface area contributed by atoms with Crippen molar-refractivity contribution in [2.75, 3.05) is 6.54 Å². The van der Waals surface area contributed by atoms with E-state index in [-0.39, 0.29) is 6.09 Å². The van der Waals surface area contributed by atoms with Crippen molar-refractivity contribution in [2.24, 2.45) is 5.92 Å². The smallest absolute Gasteiger partial charge is 0.407 e. The standard InChI is InChI=1S/C21H24ClNO3/c1-21(2,3)26-20(24)23-13-14-11-17(14)18-12-15(22)9-10-19(18)25-16-7-5-4-6-8-16/h4-10,12,14,17H,11,13H2,1-3H3,(H,23,24). The summed E-state index contributed by atoms with van der Waals surface area (Å²) >= 11 is 6.19. The van der Waals surface area contributed by atoms with Crippen molar-refractivity contribution in [2.45, 2.75) is 38.7 Å². The molecule has 0 aromatic heterocycles. The van der Waals surface area contributed by atoms with Crippen LogP contribution < -0.4 is 10.1 Å². The summed E-state index contributed by atoms with van der Waals surface area (Å²) in [4.78, 5) is 11.8. The Labute approximate surface area is 159 Å². The van der Waals surface area contributed by atoms with Crippen molar-refractivity contribution in [3.05, 3.63) is 59.1 Å². The Balaban J connectivity index is 1.63. The van der Waals surface area contributed by atoms with Gasteiger partial charge in [0.05, 0.1) is 0 Å². The summed E-state index contributed by atoms with van der Waals surface area (Å²) in [6, 6.07) is 15.4. The van der Waals surface area contributed by atoms with E-state index in [4.69, 9.17) is 21.1 Å². The average Bonchev–Trinajstić information content (AvgIpc) is 3.33. The summed E-state index contributed by atoms with van der Waals surface area (Å²) < 4.78 is 11.3. The molecule has 0 saturated heterocycles. The molecule has 0 radical (unpaired) electrons. The van der Waals surface area contributed by atoms with Gasteiger partial charge in [-0.1, -0.05) is 29.8 Å². The molecule has 2 unspecified atom stereocenters. The van der Waals surface area contributed by atoms with Gasteiger partial charge in [0.15, 0.2) is 0 Å². The van der Waals surface area contributed by atoms with Crippen molar-refractivity contribution in [3.8, 4) is 11.5 Å². The fourth-order valence-corrected chi connectivity index (χ4v) is 3.08. The molecule has 3 rings (SSSR count). The minimum absolute atomic E-state index is 0.322. The highest BCUT2D eigenvalue weighted by Gasteiger charge is 2.40. The van der Waals surface area contributed by atoms with Gasteiger partial charge in [0.25, 0.3) is 0 Å². The lowest BCUT2D eigenvalue weighted by Gasteiger charge is -2.19. The Bertz CT molecular complexity index is 771. The van der Waals surface area contributed by atoms with Gasteiger partial charge in [0.1, 0.15) is 17.1 Å². The summed E-state index contributed by atoms with van der Waals surface area (Å²) in [6.07, 6.45) is 0.608. The predicted molar refractivity (Wildman–Crippen MR) is 103 cm³/mol. The average molecular weight is 374 g/mol. The van der Waals surface area contributed by atoms with Gasteiger partial charge in [0.2, 0.25) is 0 Å². The van der Waals surface area contributed by atoms with E-state index in [1.54, 1.807) is 0 Å². The maximum absolute atomic E-state index is 11.8. The lowest BCUT2D eigenvalue weighted by Crippen LogP contribution is -2.33. The van der Waals surface area contributed by atoms with Crippen LogP contribution in [-0.2, 0) is 4.74 Å². The lowest BCUT2D eigenvalue weighted by atomic mass is 10.1. The topological polar surface area (TPSA) is 47.6 Å². The van der Waals surface area contributed by atoms with Crippen LogP contribution in [0.1, 0.15) is 38.7 Å². The first-order valence-electron chi connectivity index (χ1n) is 8.81. The molecule has 5 heteroatoms. The number of para-hydroxylation sites is 1. The van der Waals surface area contributed by atoms with Crippen LogP contribution >= 0.6 is 11.6 Å². The molecule has 2 aromatic rings. The number of carbonyl (C=O) groups excluding carboxylic acids is 1. The van der Waals surface area contributed by atoms with Crippen LogP contribution in [0.15, 0.2) is 48.5 Å². The fraction of sp³-hybridized carbons (Fsp3) is 0.381. The number of hydrogen-bond acceptors (Lipinski definition) is 3. The molecule has 0 heterocycles. The first kappa shape index (κ1) is 18.6. The number of amides is 1. The summed E-state index contributed by atoms with van der Waals surface area (Å²) in [6.45, 7) is 6.14. The molecule has 0 spiro atoms. The van der Waals surface area contributed by atoms with Crippen molar-refractivity contribution in [1.29, 1.82) is 0 Å². The zero-order valence-electron chi connectivity index (χ0n) is 15.3. The van der Waals surface area contributed by atoms with E-state index in [2.05, 4.69) is 5.32 Å². The van der Waals surface area contributed by atoms with E-state index in [9.17, 15) is 4.79 Å². The van der Waals surface area contributed by atoms with E-state index in [1.165, 1.54) is 0 Å². The van der Waals surface area contributed by atoms with Crippen LogP contribution in [0.4, 0.5) is 4.79 Å². The number of carbonyl (C=O) groups is 1. The number of ether oxygens (including phenoxy) is 2. The molecule has 26 heavy (non-hydrogen) atoms. The Morgan fingerprint density at radius 1 is 1.19 bits per heavy atom. The highest BCUT2D eigenvalue weighted by molar-refractivity contribution is 6.30. The Hall–Kier alpha value is -2.20. The van der Waals surface area contributed by atoms with Gasteiger partial charge in [-0.15, -0.1) is 0 Å². The highest BCUT2D eigenvalue weighted by Crippen LogP contribution is 2.51. The number of rotatable bonds is 5. The minimum Gasteiger partial charge on any atom is -0.457 e. The highest BCUT2D eigenvalue weighted by atomic mass is 35.5. The van der Waals surface area contributed by atoms with E-state index < -0.39 is 5.60 Å². The van der Waals surface area contributed by atoms with Gasteiger partial charge in [0, 0.05) is 11.6 Å². The molecule has 1 aliphatic rings. The zero-order valence-corrected chi connectivity index (χ0v) is 16.0. The van der Waals surface area contributed by atoms with Crippen LogP contribution in [-0.4, -0.2) is 18.2 Å². The molecule has 0 bridgehead atoms. The van der Waals surface area contributed by atoms with Crippen molar-refractivity contribution in [3.63, 3.8) is 0 Å². The molecule has 2 atom stereocenters. The zero-order chi connectivity index (χ0) is 18.7. The normalized spacial score (nSPS) is 18.9. The largest absolute Gasteiger partial charge is 0.457 e. The number of benzene rings is 2. The third-order valence-electron chi connectivity index (χ3n) is 4.17. The second-order valence-corrected chi connectivity index (χ2v) is 8.02. The van der Waals surface area contributed by atoms with Crippen LogP contribution in [0, 0.1) is 5.92 Å². The summed E-state index contributed by atoms with van der Waals surface area (Å²) in [5.41, 5.74) is 0.591. The first-order valence-corrected chi connectivity index (χ1v) is 9.19. The summed E-state index contributed by atoms with van der Waals surface area (Å²) in [7, 11) is 0. The summed E-state index contributed by atoms with van der Waals surface area (Å²) in [5.74, 6) is 2.28. The van der Waals surface area contributed by atoms with E-state index in [0.717, 1.165) is 23.5 Å². The van der Waals surface area contributed by atoms with Crippen LogP contribution in [0.3, 0.4) is 0 Å². The van der Waals surface area contributed by atoms with Crippen molar-refractivity contribution >= 4 is 17.7 Å². The Morgan fingerprint density at radius 3 is 2.62 bits per heavy atom. The van der Waals surface area contributed by atoms with Gasteiger partial charge in [-0.3, -0.25) is 0 Å². The molecule has 1 saturated carbocycles. The lowest BCUT2D eigenvalue weighted by molar-refractivity contribution is 0.0525. The maximum atomic E-state index is 11.8. The molecule has 138 valence electrons. The van der Waals surface area contributed by atoms with E-state index in [0.29, 0.717) is 23.4 Å². The maximum Gasteiger partial charge on any atom is 0.407 e. The Kier molecular flexibility index (Phi) is 5.42. The molecule has 1 amide bonds. The monoisotopic (exact) mass is 373 g/mol. The molecule has 2 aromatic carbocycles. The van der Waals surface area contributed by atoms with Crippen LogP contribution in [0.25, 0.3) is 0 Å². The van der Waals surface area contributed by atoms with Gasteiger partial charge in [-0.05, 0) is 74.9 Å². The third-order valence-corrected chi connectivity index (χ3v) is 4.41. The fourth-order valence-electron chi connectivity index (χ4n) is 2.90. The minimum atomic E-state index is -0.489. The van der Waals surface area contributed by atoms with Crippen LogP contribution in [0.2, 0.25) is 5.02 Å². The van der Waals surface area contributed by atoms with Crippen molar-refractivity contribution < 1.29 is 14.3 Å². The van der Waals surface area contributed by atoms with Gasteiger partial charge < -0.3 is 14.8 Å². The third kappa shape index (κ3) is 5.15. The number of hydrogen-bond donors (Lipinski definition) is 1. The molecule has 1 fully saturated rings. The second-order valence-electron chi connectivity index (χ2n) is 7.58. The van der Waals surface area contributed by atoms with Gasteiger partial charge >= 0.3 is 6.09 Å². The van der Waals surface area contributed by atoms with E-state index in [1.807, 2.05) is 69.3 Å². The molecule has 0 aliphatic heterocycles. The molecule has 4 nitrogen and oxygen atoms in total. The SMILES string of the molecule is CC(C)(C)OC(=O)NCC1CC1c1cc(Cl)ccc1Oc1ccccc1. The van der Waals surface area contributed by atoms with E-state index >= 15 is 0 Å². The molecule has 1 aliphatic carbocycles. The molecular formula is C21H24ClNO3. The van der Waals surface area contributed by atoms with Gasteiger partial charge in [-0.25, -0.2) is 4.79 Å². The second kappa shape index (κ2) is 7.58. The quantitative estimate of drug-likeness (QED) is 0.724. The Morgan fingerprint density at radius 2 is 1.92 bits per heavy atom. The molecular weight excluding hydrogens is 350 g/mol. The van der Waals surface area contributed by atoms with Gasteiger partial charge in [-0.2, -0.15) is 0 Å². The first-order chi connectivity index (χ1) is 12.3. The van der Waals surface area contributed by atoms with Crippen LogP contribution in [0.5, 0.6) is 11.5 Å². The number of alkyl carbamates (subject to hydrolysis) is 1. The number of halogens is 1. The summed E-state index contributed by atoms with van der Waals surface area (Å²) in [5, 5.41) is 3.54. The predicted octanol–water partition coefficient (Wildman–Crippen LogP) is 5.76. The van der Waals surface area contributed by atoms with Crippen molar-refractivity contribution in [1.82, 2.24) is 5.32 Å².